The van der Waals surface area contributed by atoms with Crippen LogP contribution in [0.2, 0.25) is 0 Å². The van der Waals surface area contributed by atoms with E-state index in [-0.39, 0.29) is 18.5 Å². The number of aromatic nitrogens is 4. The highest BCUT2D eigenvalue weighted by Gasteiger charge is 2.22. The first-order valence-corrected chi connectivity index (χ1v) is 8.28. The van der Waals surface area contributed by atoms with E-state index in [1.165, 1.54) is 24.4 Å². The Kier molecular flexibility index (Phi) is 4.55. The van der Waals surface area contributed by atoms with Crippen molar-refractivity contribution in [3.8, 4) is 0 Å². The maximum Gasteiger partial charge on any atom is 0.332 e. The van der Waals surface area contributed by atoms with Gasteiger partial charge in [-0.3, -0.25) is 18.7 Å². The largest absolute Gasteiger partial charge is 0.464 e. The predicted molar refractivity (Wildman–Crippen MR) is 87.7 cm³/mol. The van der Waals surface area contributed by atoms with Gasteiger partial charge in [-0.25, -0.2) is 9.78 Å². The van der Waals surface area contributed by atoms with Crippen molar-refractivity contribution in [1.29, 1.82) is 0 Å². The number of aryl methyl sites for hydroxylation is 1. The van der Waals surface area contributed by atoms with Gasteiger partial charge in [0.2, 0.25) is 0 Å². The van der Waals surface area contributed by atoms with Crippen LogP contribution in [-0.4, -0.2) is 31.3 Å². The predicted octanol–water partition coefficient (Wildman–Crippen LogP) is 0.557. The van der Waals surface area contributed by atoms with Crippen LogP contribution in [0.3, 0.4) is 0 Å². The number of carbonyl (C=O) groups excluding carboxylic acids is 1. The molecule has 1 fully saturated rings. The number of nitrogens with zero attached hydrogens (tertiary/aromatic N) is 4. The summed E-state index contributed by atoms with van der Waals surface area (Å²) in [6, 6.07) is 0. The van der Waals surface area contributed by atoms with Gasteiger partial charge in [0.1, 0.15) is 6.61 Å². The van der Waals surface area contributed by atoms with Crippen LogP contribution in [0, 0.1) is 5.92 Å². The van der Waals surface area contributed by atoms with Crippen molar-refractivity contribution in [3.05, 3.63) is 27.2 Å². The molecule has 1 saturated carbocycles. The van der Waals surface area contributed by atoms with Crippen molar-refractivity contribution in [2.75, 3.05) is 6.61 Å². The third-order valence-electron chi connectivity index (χ3n) is 4.73. The summed E-state index contributed by atoms with van der Waals surface area (Å²) in [6.07, 6.45) is 6.64. The van der Waals surface area contributed by atoms with Crippen LogP contribution in [0.1, 0.15) is 32.1 Å². The summed E-state index contributed by atoms with van der Waals surface area (Å²) < 4.78 is 9.38. The molecular weight excluding hydrogens is 312 g/mol. The van der Waals surface area contributed by atoms with Gasteiger partial charge in [0.15, 0.2) is 11.2 Å². The summed E-state index contributed by atoms with van der Waals surface area (Å²) in [6.45, 7) is 0.523. The molecule has 0 aromatic carbocycles. The Labute approximate surface area is 138 Å². The maximum absolute atomic E-state index is 12.3. The maximum atomic E-state index is 12.3. The van der Waals surface area contributed by atoms with E-state index in [0.29, 0.717) is 17.7 Å². The molecule has 0 atom stereocenters. The zero-order valence-corrected chi connectivity index (χ0v) is 14.0. The van der Waals surface area contributed by atoms with E-state index in [1.807, 2.05) is 0 Å². The molecule has 0 aliphatic heterocycles. The van der Waals surface area contributed by atoms with Crippen molar-refractivity contribution >= 4 is 17.1 Å². The molecule has 0 amide bonds. The lowest BCUT2D eigenvalue weighted by atomic mass is 9.89. The molecule has 1 aliphatic carbocycles. The summed E-state index contributed by atoms with van der Waals surface area (Å²) in [5, 5.41) is 0. The normalized spacial score (nSPS) is 15.8. The Morgan fingerprint density at radius 2 is 1.92 bits per heavy atom. The molecule has 2 aromatic rings. The molecule has 0 bridgehead atoms. The summed E-state index contributed by atoms with van der Waals surface area (Å²) in [7, 11) is 3.01. The molecule has 1 aliphatic rings. The average molecular weight is 334 g/mol. The Morgan fingerprint density at radius 3 is 2.62 bits per heavy atom. The lowest BCUT2D eigenvalue weighted by molar-refractivity contribution is -0.149. The van der Waals surface area contributed by atoms with Gasteiger partial charge in [-0.2, -0.15) is 0 Å². The fourth-order valence-electron chi connectivity index (χ4n) is 3.27. The zero-order chi connectivity index (χ0) is 17.3. The van der Waals surface area contributed by atoms with E-state index in [4.69, 9.17) is 4.74 Å². The van der Waals surface area contributed by atoms with Crippen molar-refractivity contribution in [2.45, 2.75) is 38.6 Å². The second-order valence-corrected chi connectivity index (χ2v) is 6.32. The van der Waals surface area contributed by atoms with Crippen molar-refractivity contribution < 1.29 is 9.53 Å². The van der Waals surface area contributed by atoms with Gasteiger partial charge in [-0.15, -0.1) is 0 Å². The Morgan fingerprint density at radius 1 is 1.21 bits per heavy atom. The number of rotatable bonds is 4. The second kappa shape index (κ2) is 6.62. The number of hydrogen-bond acceptors (Lipinski definition) is 5. The quantitative estimate of drug-likeness (QED) is 0.762. The minimum absolute atomic E-state index is 0.00646. The Hall–Kier alpha value is -2.38. The molecule has 0 saturated heterocycles. The van der Waals surface area contributed by atoms with Crippen LogP contribution in [0.4, 0.5) is 0 Å². The van der Waals surface area contributed by atoms with Crippen LogP contribution in [0.5, 0.6) is 0 Å². The van der Waals surface area contributed by atoms with E-state index < -0.39 is 11.2 Å². The van der Waals surface area contributed by atoms with Crippen LogP contribution in [0.15, 0.2) is 15.9 Å². The highest BCUT2D eigenvalue weighted by atomic mass is 16.5. The molecule has 8 heteroatoms. The van der Waals surface area contributed by atoms with E-state index in [9.17, 15) is 14.4 Å². The highest BCUT2D eigenvalue weighted by Crippen LogP contribution is 2.24. The van der Waals surface area contributed by atoms with E-state index in [0.717, 1.165) is 30.3 Å². The molecule has 2 heterocycles. The third-order valence-corrected chi connectivity index (χ3v) is 4.73. The van der Waals surface area contributed by atoms with Gasteiger partial charge in [-0.05, 0) is 12.8 Å². The van der Waals surface area contributed by atoms with Crippen LogP contribution in [-0.2, 0) is 30.2 Å². The molecule has 130 valence electrons. The van der Waals surface area contributed by atoms with Crippen LogP contribution in [0.25, 0.3) is 11.2 Å². The first-order chi connectivity index (χ1) is 11.5. The smallest absolute Gasteiger partial charge is 0.332 e. The number of imidazole rings is 1. The lowest BCUT2D eigenvalue weighted by Crippen LogP contribution is -2.37. The Balaban J connectivity index is 1.73. The molecule has 0 N–H and O–H groups in total. The number of hydrogen-bond donors (Lipinski definition) is 0. The summed E-state index contributed by atoms with van der Waals surface area (Å²) in [5.74, 6) is -0.147. The number of fused-ring (bicyclic) bond motifs is 1. The lowest BCUT2D eigenvalue weighted by Gasteiger charge is -2.19. The number of ether oxygens (including phenoxy) is 1. The molecule has 0 unspecified atom stereocenters. The molecule has 8 nitrogen and oxygen atoms in total. The van der Waals surface area contributed by atoms with Gasteiger partial charge in [-0.1, -0.05) is 19.3 Å². The summed E-state index contributed by atoms with van der Waals surface area (Å²) in [5.41, 5.74) is -0.138. The molecule has 2 aromatic heterocycles. The average Bonchev–Trinajstić information content (AvgIpc) is 3.03. The van der Waals surface area contributed by atoms with E-state index in [1.54, 1.807) is 11.6 Å². The van der Waals surface area contributed by atoms with Crippen LogP contribution >= 0.6 is 0 Å². The number of esters is 1. The van der Waals surface area contributed by atoms with Gasteiger partial charge in [0, 0.05) is 14.1 Å². The SMILES string of the molecule is Cn1c(=O)c2c(ncn2CCOC(=O)C2CCCCC2)n(C)c1=O. The molecule has 0 spiro atoms. The molecular formula is C16H22N4O4. The molecule has 24 heavy (non-hydrogen) atoms. The number of carbonyl (C=O) groups is 1. The Bertz CT molecular complexity index is 871. The van der Waals surface area contributed by atoms with Crippen molar-refractivity contribution in [2.24, 2.45) is 20.0 Å². The van der Waals surface area contributed by atoms with Crippen molar-refractivity contribution in [3.63, 3.8) is 0 Å². The molecule has 0 radical (unpaired) electrons. The fourth-order valence-corrected chi connectivity index (χ4v) is 3.27. The van der Waals surface area contributed by atoms with Gasteiger partial charge >= 0.3 is 11.7 Å². The molecule has 3 rings (SSSR count). The minimum Gasteiger partial charge on any atom is -0.464 e. The van der Waals surface area contributed by atoms with Gasteiger partial charge < -0.3 is 9.30 Å². The van der Waals surface area contributed by atoms with E-state index in [2.05, 4.69) is 4.98 Å². The minimum atomic E-state index is -0.415. The monoisotopic (exact) mass is 334 g/mol. The van der Waals surface area contributed by atoms with E-state index >= 15 is 0 Å². The first kappa shape index (κ1) is 16.5. The topological polar surface area (TPSA) is 88.1 Å². The van der Waals surface area contributed by atoms with Crippen molar-refractivity contribution in [1.82, 2.24) is 18.7 Å². The highest BCUT2D eigenvalue weighted by molar-refractivity contribution is 5.72. The van der Waals surface area contributed by atoms with Gasteiger partial charge in [0.05, 0.1) is 18.8 Å². The van der Waals surface area contributed by atoms with Gasteiger partial charge in [0.25, 0.3) is 5.56 Å². The third kappa shape index (κ3) is 2.88. The second-order valence-electron chi connectivity index (χ2n) is 6.32. The van der Waals surface area contributed by atoms with Crippen LogP contribution < -0.4 is 11.2 Å². The summed E-state index contributed by atoms with van der Waals surface area (Å²) in [4.78, 5) is 40.4. The first-order valence-electron chi connectivity index (χ1n) is 8.28. The zero-order valence-electron chi connectivity index (χ0n) is 14.0. The fraction of sp³-hybridized carbons (Fsp3) is 0.625. The summed E-state index contributed by atoms with van der Waals surface area (Å²) >= 11 is 0. The standard InChI is InChI=1S/C16H22N4O4/c1-18-13-12(14(21)19(2)16(18)23)20(10-17-13)8-9-24-15(22)11-6-4-3-5-7-11/h10-11H,3-9H2,1-2H3.